The SMILES string of the molecule is Cn1cc(-c2ccc(-c3c(-c4ccc5c(=O)[nH]nc(CN)c5c4)cnn3C)c(C#N)c2)cn1. The van der Waals surface area contributed by atoms with Gasteiger partial charge in [-0.1, -0.05) is 18.2 Å². The molecule has 3 heterocycles. The Labute approximate surface area is 188 Å². The predicted octanol–water partition coefficient (Wildman–Crippen LogP) is 2.72. The van der Waals surface area contributed by atoms with Crippen LogP contribution in [0, 0.1) is 11.3 Å². The molecule has 9 nitrogen and oxygen atoms in total. The summed E-state index contributed by atoms with van der Waals surface area (Å²) in [5.41, 5.74) is 11.8. The number of nitrogens with one attached hydrogen (secondary N) is 1. The van der Waals surface area contributed by atoms with Gasteiger partial charge < -0.3 is 5.73 Å². The Kier molecular flexibility index (Phi) is 4.84. The van der Waals surface area contributed by atoms with Crippen molar-refractivity contribution in [3.8, 4) is 39.6 Å². The van der Waals surface area contributed by atoms with Crippen molar-refractivity contribution < 1.29 is 0 Å². The second-order valence-electron chi connectivity index (χ2n) is 7.77. The molecular formula is C24H20N8O. The Balaban J connectivity index is 1.68. The van der Waals surface area contributed by atoms with Gasteiger partial charge in [0.15, 0.2) is 0 Å². The molecule has 0 atom stereocenters. The highest BCUT2D eigenvalue weighted by atomic mass is 16.1. The summed E-state index contributed by atoms with van der Waals surface area (Å²) in [6.45, 7) is 0.199. The lowest BCUT2D eigenvalue weighted by atomic mass is 9.94. The molecule has 0 radical (unpaired) electrons. The molecule has 0 saturated heterocycles. The molecule has 0 unspecified atom stereocenters. The summed E-state index contributed by atoms with van der Waals surface area (Å²) in [6.07, 6.45) is 5.44. The first-order valence-corrected chi connectivity index (χ1v) is 10.3. The first-order chi connectivity index (χ1) is 16.0. The van der Waals surface area contributed by atoms with E-state index in [0.29, 0.717) is 22.0 Å². The van der Waals surface area contributed by atoms with Crippen LogP contribution in [0.2, 0.25) is 0 Å². The van der Waals surface area contributed by atoms with Gasteiger partial charge in [0, 0.05) is 48.9 Å². The number of aryl methyl sites for hydroxylation is 2. The van der Waals surface area contributed by atoms with Gasteiger partial charge in [0.2, 0.25) is 0 Å². The zero-order valence-corrected chi connectivity index (χ0v) is 18.1. The van der Waals surface area contributed by atoms with E-state index in [0.717, 1.165) is 33.5 Å². The van der Waals surface area contributed by atoms with Gasteiger partial charge in [0.25, 0.3) is 5.56 Å². The average molecular weight is 436 g/mol. The number of nitrogens with zero attached hydrogens (tertiary/aromatic N) is 6. The van der Waals surface area contributed by atoms with E-state index in [4.69, 9.17) is 5.73 Å². The summed E-state index contributed by atoms with van der Waals surface area (Å²) in [4.78, 5) is 12.2. The van der Waals surface area contributed by atoms with E-state index in [2.05, 4.69) is 26.5 Å². The van der Waals surface area contributed by atoms with Crippen LogP contribution < -0.4 is 11.3 Å². The van der Waals surface area contributed by atoms with Crippen LogP contribution in [0.1, 0.15) is 11.3 Å². The van der Waals surface area contributed by atoms with Crippen LogP contribution in [0.5, 0.6) is 0 Å². The molecule has 5 rings (SSSR count). The molecule has 0 amide bonds. The van der Waals surface area contributed by atoms with Crippen molar-refractivity contribution in [1.29, 1.82) is 5.26 Å². The topological polar surface area (TPSA) is 131 Å². The summed E-state index contributed by atoms with van der Waals surface area (Å²) in [5, 5.41) is 26.4. The van der Waals surface area contributed by atoms with Gasteiger partial charge in [-0.25, -0.2) is 5.10 Å². The summed E-state index contributed by atoms with van der Waals surface area (Å²) in [6, 6.07) is 13.6. The Morgan fingerprint density at radius 2 is 1.82 bits per heavy atom. The molecule has 0 saturated carbocycles. The second kappa shape index (κ2) is 7.85. The molecule has 3 N–H and O–H groups in total. The van der Waals surface area contributed by atoms with Gasteiger partial charge in [0.05, 0.1) is 40.8 Å². The normalized spacial score (nSPS) is 11.1. The van der Waals surface area contributed by atoms with Gasteiger partial charge in [-0.05, 0) is 29.3 Å². The fraction of sp³-hybridized carbons (Fsp3) is 0.125. The van der Waals surface area contributed by atoms with E-state index >= 15 is 0 Å². The molecule has 162 valence electrons. The van der Waals surface area contributed by atoms with Gasteiger partial charge in [-0.15, -0.1) is 0 Å². The molecule has 0 bridgehead atoms. The van der Waals surface area contributed by atoms with Gasteiger partial charge >= 0.3 is 0 Å². The summed E-state index contributed by atoms with van der Waals surface area (Å²) in [5.74, 6) is 0. The molecule has 0 spiro atoms. The van der Waals surface area contributed by atoms with Crippen molar-refractivity contribution >= 4 is 10.8 Å². The molecular weight excluding hydrogens is 416 g/mol. The van der Waals surface area contributed by atoms with Crippen LogP contribution in [-0.4, -0.2) is 29.8 Å². The van der Waals surface area contributed by atoms with Crippen LogP contribution in [-0.2, 0) is 20.6 Å². The third-order valence-electron chi connectivity index (χ3n) is 5.74. The fourth-order valence-corrected chi connectivity index (χ4v) is 4.10. The van der Waals surface area contributed by atoms with E-state index in [1.165, 1.54) is 0 Å². The molecule has 0 aliphatic carbocycles. The standard InChI is InChI=1S/C24H20N8O/c1-31-13-17(11-27-31)14-3-5-18(16(7-14)9-25)23-21(12-28-32(23)2)15-4-6-19-20(8-15)22(10-26)29-30-24(19)33/h3-8,11-13H,10,26H2,1-2H3,(H,30,33). The van der Waals surface area contributed by atoms with Crippen LogP contribution in [0.15, 0.2) is 59.8 Å². The molecule has 2 aromatic carbocycles. The first kappa shape index (κ1) is 20.4. The lowest BCUT2D eigenvalue weighted by Gasteiger charge is -2.11. The maximum Gasteiger partial charge on any atom is 0.272 e. The number of nitrogens with two attached hydrogens (primary N) is 1. The van der Waals surface area contributed by atoms with E-state index < -0.39 is 0 Å². The largest absolute Gasteiger partial charge is 0.325 e. The zero-order valence-electron chi connectivity index (χ0n) is 18.1. The number of hydrogen-bond acceptors (Lipinski definition) is 6. The highest BCUT2D eigenvalue weighted by molar-refractivity contribution is 5.92. The third kappa shape index (κ3) is 3.39. The number of aromatic nitrogens is 6. The minimum atomic E-state index is -0.266. The van der Waals surface area contributed by atoms with E-state index in [-0.39, 0.29) is 12.1 Å². The number of benzene rings is 2. The predicted molar refractivity (Wildman–Crippen MR) is 125 cm³/mol. The highest BCUT2D eigenvalue weighted by Gasteiger charge is 2.18. The average Bonchev–Trinajstić information content (AvgIpc) is 3.44. The third-order valence-corrected chi connectivity index (χ3v) is 5.74. The molecule has 9 heteroatoms. The van der Waals surface area contributed by atoms with Crippen molar-refractivity contribution in [3.63, 3.8) is 0 Å². The monoisotopic (exact) mass is 436 g/mol. The van der Waals surface area contributed by atoms with Crippen molar-refractivity contribution in [2.45, 2.75) is 6.54 Å². The Morgan fingerprint density at radius 3 is 2.55 bits per heavy atom. The number of nitriles is 1. The maximum absolute atomic E-state index is 12.2. The van der Waals surface area contributed by atoms with Crippen molar-refractivity contribution in [2.24, 2.45) is 19.8 Å². The Hall–Kier alpha value is -4.55. The van der Waals surface area contributed by atoms with E-state index in [1.807, 2.05) is 50.6 Å². The lowest BCUT2D eigenvalue weighted by Crippen LogP contribution is -2.13. The van der Waals surface area contributed by atoms with Crippen LogP contribution in [0.4, 0.5) is 0 Å². The minimum absolute atomic E-state index is 0.199. The second-order valence-corrected chi connectivity index (χ2v) is 7.77. The van der Waals surface area contributed by atoms with Crippen LogP contribution >= 0.6 is 0 Å². The molecule has 3 aromatic heterocycles. The number of fused-ring (bicyclic) bond motifs is 1. The number of H-pyrrole nitrogens is 1. The van der Waals surface area contributed by atoms with E-state index in [1.54, 1.807) is 27.8 Å². The Morgan fingerprint density at radius 1 is 1.00 bits per heavy atom. The molecule has 0 aliphatic rings. The van der Waals surface area contributed by atoms with Crippen molar-refractivity contribution in [2.75, 3.05) is 0 Å². The first-order valence-electron chi connectivity index (χ1n) is 10.3. The number of hydrogen-bond donors (Lipinski definition) is 2. The molecule has 33 heavy (non-hydrogen) atoms. The number of aromatic amines is 1. The molecule has 0 fully saturated rings. The zero-order chi connectivity index (χ0) is 23.1. The van der Waals surface area contributed by atoms with Crippen LogP contribution in [0.25, 0.3) is 44.3 Å². The summed E-state index contributed by atoms with van der Waals surface area (Å²) < 4.78 is 3.48. The van der Waals surface area contributed by atoms with Crippen molar-refractivity contribution in [1.82, 2.24) is 29.8 Å². The smallest absolute Gasteiger partial charge is 0.272 e. The molecule has 0 aliphatic heterocycles. The molecule has 5 aromatic rings. The summed E-state index contributed by atoms with van der Waals surface area (Å²) >= 11 is 0. The lowest BCUT2D eigenvalue weighted by molar-refractivity contribution is 0.768. The van der Waals surface area contributed by atoms with Gasteiger partial charge in [-0.3, -0.25) is 14.2 Å². The maximum atomic E-state index is 12.2. The van der Waals surface area contributed by atoms with Gasteiger partial charge in [-0.2, -0.15) is 20.6 Å². The van der Waals surface area contributed by atoms with Gasteiger partial charge in [0.1, 0.15) is 0 Å². The highest BCUT2D eigenvalue weighted by Crippen LogP contribution is 2.36. The fourth-order valence-electron chi connectivity index (χ4n) is 4.10. The minimum Gasteiger partial charge on any atom is -0.325 e. The van der Waals surface area contributed by atoms with Crippen molar-refractivity contribution in [3.05, 3.63) is 76.6 Å². The summed E-state index contributed by atoms with van der Waals surface area (Å²) in [7, 11) is 3.70. The Bertz CT molecular complexity index is 1620. The quantitative estimate of drug-likeness (QED) is 0.445. The van der Waals surface area contributed by atoms with E-state index in [9.17, 15) is 10.1 Å². The number of rotatable bonds is 4. The van der Waals surface area contributed by atoms with Crippen LogP contribution in [0.3, 0.4) is 0 Å².